The third-order valence-electron chi connectivity index (χ3n) is 3.15. The van der Waals surface area contributed by atoms with Gasteiger partial charge < -0.3 is 16.8 Å². The summed E-state index contributed by atoms with van der Waals surface area (Å²) in [6.07, 6.45) is 4.26. The monoisotopic (exact) mass is 310 g/mol. The van der Waals surface area contributed by atoms with E-state index in [0.717, 1.165) is 18.4 Å². The van der Waals surface area contributed by atoms with Crippen molar-refractivity contribution in [2.75, 3.05) is 6.54 Å². The summed E-state index contributed by atoms with van der Waals surface area (Å²) in [4.78, 5) is 22.9. The van der Waals surface area contributed by atoms with Gasteiger partial charge in [0.05, 0.1) is 12.1 Å². The van der Waals surface area contributed by atoms with E-state index >= 15 is 0 Å². The molecule has 0 aliphatic heterocycles. The number of carbonyl (C=O) groups excluding carboxylic acids is 2. The second-order valence-electron chi connectivity index (χ2n) is 4.87. The second-order valence-corrected chi connectivity index (χ2v) is 5.27. The Morgan fingerprint density at radius 3 is 2.67 bits per heavy atom. The van der Waals surface area contributed by atoms with Crippen molar-refractivity contribution in [3.05, 3.63) is 34.9 Å². The van der Waals surface area contributed by atoms with E-state index < -0.39 is 12.1 Å². The van der Waals surface area contributed by atoms with Crippen LogP contribution >= 0.6 is 11.6 Å². The summed E-state index contributed by atoms with van der Waals surface area (Å²) in [5, 5.41) is 3.15. The summed E-state index contributed by atoms with van der Waals surface area (Å²) < 4.78 is 0. The molecule has 1 radical (unpaired) electrons. The van der Waals surface area contributed by atoms with Crippen molar-refractivity contribution in [3.63, 3.8) is 0 Å². The summed E-state index contributed by atoms with van der Waals surface area (Å²) in [5.41, 5.74) is 11.9. The number of rotatable bonds is 9. The van der Waals surface area contributed by atoms with Gasteiger partial charge in [-0.15, -0.1) is 0 Å². The van der Waals surface area contributed by atoms with E-state index in [9.17, 15) is 9.59 Å². The molecule has 0 aromatic heterocycles. The molecule has 2 atom stereocenters. The van der Waals surface area contributed by atoms with Crippen LogP contribution < -0.4 is 16.8 Å². The maximum Gasteiger partial charge on any atom is 0.237 e. The van der Waals surface area contributed by atoms with Gasteiger partial charge in [-0.05, 0) is 31.0 Å². The van der Waals surface area contributed by atoms with Gasteiger partial charge in [-0.3, -0.25) is 9.59 Å². The maximum atomic E-state index is 11.9. The van der Waals surface area contributed by atoms with Crippen LogP contribution in [0.4, 0.5) is 0 Å². The number of hydrogen-bond donors (Lipinski definition) is 3. The van der Waals surface area contributed by atoms with Gasteiger partial charge in [-0.25, -0.2) is 0 Å². The quantitative estimate of drug-likeness (QED) is 0.591. The van der Waals surface area contributed by atoms with Crippen molar-refractivity contribution in [2.45, 2.75) is 37.8 Å². The minimum absolute atomic E-state index is 0.296. The normalized spacial score (nSPS) is 13.5. The van der Waals surface area contributed by atoms with Gasteiger partial charge in [0.15, 0.2) is 0 Å². The lowest BCUT2D eigenvalue weighted by Gasteiger charge is -2.16. The lowest BCUT2D eigenvalue weighted by atomic mass is 10.1. The van der Waals surface area contributed by atoms with Crippen LogP contribution in [0.15, 0.2) is 24.3 Å². The Morgan fingerprint density at radius 1 is 1.33 bits per heavy atom. The number of benzene rings is 1. The highest BCUT2D eigenvalue weighted by Crippen LogP contribution is 2.16. The average molecular weight is 311 g/mol. The molecule has 0 bridgehead atoms. The van der Waals surface area contributed by atoms with Crippen molar-refractivity contribution in [2.24, 2.45) is 11.5 Å². The number of nitrogens with two attached hydrogens (primary N) is 2. The second kappa shape index (κ2) is 9.50. The number of unbranched alkanes of at least 4 members (excludes halogenated alkanes) is 1. The van der Waals surface area contributed by atoms with Crippen LogP contribution in [0.1, 0.15) is 24.8 Å². The summed E-state index contributed by atoms with van der Waals surface area (Å²) in [5.74, 6) is -0.354. The molecule has 0 spiro atoms. The van der Waals surface area contributed by atoms with E-state index in [2.05, 4.69) is 5.32 Å². The first-order valence-corrected chi connectivity index (χ1v) is 7.33. The zero-order valence-electron chi connectivity index (χ0n) is 11.8. The molecule has 5 nitrogen and oxygen atoms in total. The van der Waals surface area contributed by atoms with Gasteiger partial charge in [-0.1, -0.05) is 36.2 Å². The molecule has 1 rings (SSSR count). The standard InChI is InChI=1S/C15H21ClN3O2/c16-13-6-2-1-5-11(13)9-12(10-20)19-15(21)14(18)7-3-4-8-17/h1-2,5-6,12,14H,3-4,7-9,17-18H2,(H,19,21)/t12-,14-/m0/s1. The zero-order chi connectivity index (χ0) is 15.7. The molecular weight excluding hydrogens is 290 g/mol. The topological polar surface area (TPSA) is 98.2 Å². The molecule has 1 aromatic rings. The summed E-state index contributed by atoms with van der Waals surface area (Å²) in [7, 11) is 0. The van der Waals surface area contributed by atoms with Gasteiger partial charge in [0.25, 0.3) is 0 Å². The number of carbonyl (C=O) groups is 1. The Morgan fingerprint density at radius 2 is 2.05 bits per heavy atom. The van der Waals surface area contributed by atoms with Crippen LogP contribution in [0.2, 0.25) is 5.02 Å². The molecule has 0 fully saturated rings. The first-order valence-electron chi connectivity index (χ1n) is 6.95. The summed E-state index contributed by atoms with van der Waals surface area (Å²) in [6, 6.07) is 5.77. The molecule has 0 aliphatic carbocycles. The number of amides is 1. The van der Waals surface area contributed by atoms with E-state index in [-0.39, 0.29) is 5.91 Å². The molecule has 0 saturated heterocycles. The molecule has 6 heteroatoms. The van der Waals surface area contributed by atoms with Crippen LogP contribution in [0.3, 0.4) is 0 Å². The minimum atomic E-state index is -0.752. The molecule has 1 aromatic carbocycles. The van der Waals surface area contributed by atoms with Crippen LogP contribution in [-0.4, -0.2) is 30.8 Å². The van der Waals surface area contributed by atoms with E-state index in [0.29, 0.717) is 24.4 Å². The number of nitrogens with one attached hydrogen (secondary N) is 1. The summed E-state index contributed by atoms with van der Waals surface area (Å²) >= 11 is 6.03. The molecule has 115 valence electrons. The highest BCUT2D eigenvalue weighted by Gasteiger charge is 2.19. The Hall–Kier alpha value is -1.43. The third kappa shape index (κ3) is 6.25. The van der Waals surface area contributed by atoms with Crippen LogP contribution in [-0.2, 0) is 16.0 Å². The smallest absolute Gasteiger partial charge is 0.237 e. The Kier molecular flexibility index (Phi) is 7.97. The van der Waals surface area contributed by atoms with Gasteiger partial charge in [-0.2, -0.15) is 0 Å². The molecule has 0 saturated carbocycles. The van der Waals surface area contributed by atoms with Crippen LogP contribution in [0.25, 0.3) is 0 Å². The summed E-state index contributed by atoms with van der Waals surface area (Å²) in [6.45, 7) is 0.575. The van der Waals surface area contributed by atoms with E-state index in [1.165, 1.54) is 0 Å². The SMILES string of the molecule is NCCCC[C@H](N)C(=O)N[C@H]([C]=O)Cc1ccccc1Cl. The third-order valence-corrected chi connectivity index (χ3v) is 3.52. The Bertz CT molecular complexity index is 468. The first kappa shape index (κ1) is 17.6. The Balaban J connectivity index is 2.52. The molecule has 0 unspecified atom stereocenters. The van der Waals surface area contributed by atoms with Crippen molar-refractivity contribution < 1.29 is 9.59 Å². The predicted octanol–water partition coefficient (Wildman–Crippen LogP) is 0.933. The van der Waals surface area contributed by atoms with E-state index in [4.69, 9.17) is 23.1 Å². The van der Waals surface area contributed by atoms with Crippen molar-refractivity contribution in [3.8, 4) is 0 Å². The lowest BCUT2D eigenvalue weighted by Crippen LogP contribution is -2.46. The predicted molar refractivity (Wildman–Crippen MR) is 83.7 cm³/mol. The fourth-order valence-electron chi connectivity index (χ4n) is 1.92. The fraction of sp³-hybridized carbons (Fsp3) is 0.467. The van der Waals surface area contributed by atoms with E-state index in [1.54, 1.807) is 18.2 Å². The highest BCUT2D eigenvalue weighted by atomic mass is 35.5. The molecule has 5 N–H and O–H groups in total. The zero-order valence-corrected chi connectivity index (χ0v) is 12.6. The van der Waals surface area contributed by atoms with Gasteiger partial charge in [0, 0.05) is 11.4 Å². The van der Waals surface area contributed by atoms with Crippen LogP contribution in [0.5, 0.6) is 0 Å². The van der Waals surface area contributed by atoms with E-state index in [1.807, 2.05) is 12.4 Å². The van der Waals surface area contributed by atoms with Crippen molar-refractivity contribution in [1.82, 2.24) is 5.32 Å². The van der Waals surface area contributed by atoms with Crippen molar-refractivity contribution >= 4 is 23.8 Å². The molecule has 0 heterocycles. The number of hydrogen-bond acceptors (Lipinski definition) is 4. The van der Waals surface area contributed by atoms with Gasteiger partial charge >= 0.3 is 0 Å². The largest absolute Gasteiger partial charge is 0.344 e. The van der Waals surface area contributed by atoms with Gasteiger partial charge in [0.1, 0.15) is 0 Å². The molecule has 1 amide bonds. The Labute approximate surface area is 130 Å². The van der Waals surface area contributed by atoms with Gasteiger partial charge in [0.2, 0.25) is 12.2 Å². The van der Waals surface area contributed by atoms with Crippen LogP contribution in [0, 0.1) is 0 Å². The lowest BCUT2D eigenvalue weighted by molar-refractivity contribution is -0.122. The molecule has 0 aliphatic rings. The number of halogens is 1. The maximum absolute atomic E-state index is 11.9. The average Bonchev–Trinajstić information content (AvgIpc) is 2.48. The molecule has 21 heavy (non-hydrogen) atoms. The first-order chi connectivity index (χ1) is 10.1. The fourth-order valence-corrected chi connectivity index (χ4v) is 2.14. The molecular formula is C15H21ClN3O2. The minimum Gasteiger partial charge on any atom is -0.344 e. The van der Waals surface area contributed by atoms with Crippen molar-refractivity contribution in [1.29, 1.82) is 0 Å². The highest BCUT2D eigenvalue weighted by molar-refractivity contribution is 6.31.